The van der Waals surface area contributed by atoms with E-state index in [0.717, 1.165) is 5.69 Å². The molecule has 14 heavy (non-hydrogen) atoms. The van der Waals surface area contributed by atoms with E-state index in [4.69, 9.17) is 5.73 Å². The highest BCUT2D eigenvalue weighted by atomic mass is 19.1. The van der Waals surface area contributed by atoms with Crippen LogP contribution in [0.4, 0.5) is 4.39 Å². The first-order valence-corrected chi connectivity index (χ1v) is 4.15. The van der Waals surface area contributed by atoms with Crippen LogP contribution in [0.2, 0.25) is 0 Å². The highest BCUT2D eigenvalue weighted by Crippen LogP contribution is 2.12. The lowest BCUT2D eigenvalue weighted by Crippen LogP contribution is -2.02. The molecule has 5 heteroatoms. The Morgan fingerprint density at radius 3 is 2.93 bits per heavy atom. The number of benzene rings is 1. The summed E-state index contributed by atoms with van der Waals surface area (Å²) in [6.45, 7) is 0.175. The summed E-state index contributed by atoms with van der Waals surface area (Å²) in [6, 6.07) is 4.66. The van der Waals surface area contributed by atoms with Gasteiger partial charge in [0.2, 0.25) is 0 Å². The standard InChI is InChI=1S/C9H9FN4/c10-9-2-1-8(3-7(9)4-11)14-6-12-5-13-14/h1-3,5-6H,4,11H2. The molecule has 0 aliphatic heterocycles. The molecule has 1 aromatic carbocycles. The quantitative estimate of drug-likeness (QED) is 0.767. The number of nitrogens with two attached hydrogens (primary N) is 1. The maximum Gasteiger partial charge on any atom is 0.138 e. The van der Waals surface area contributed by atoms with Crippen LogP contribution >= 0.6 is 0 Å². The van der Waals surface area contributed by atoms with Crippen molar-refractivity contribution in [3.05, 3.63) is 42.2 Å². The van der Waals surface area contributed by atoms with E-state index in [-0.39, 0.29) is 12.4 Å². The fourth-order valence-corrected chi connectivity index (χ4v) is 1.20. The van der Waals surface area contributed by atoms with Crippen LogP contribution in [0.1, 0.15) is 5.56 Å². The Bertz CT molecular complexity index is 424. The number of aromatic nitrogens is 3. The molecule has 0 amide bonds. The number of rotatable bonds is 2. The zero-order valence-corrected chi connectivity index (χ0v) is 7.39. The lowest BCUT2D eigenvalue weighted by Gasteiger charge is -2.03. The molecule has 0 saturated carbocycles. The van der Waals surface area contributed by atoms with Crippen LogP contribution in [0, 0.1) is 5.82 Å². The van der Waals surface area contributed by atoms with Crippen molar-refractivity contribution in [3.8, 4) is 5.69 Å². The van der Waals surface area contributed by atoms with E-state index in [0.29, 0.717) is 5.56 Å². The molecule has 0 saturated heterocycles. The summed E-state index contributed by atoms with van der Waals surface area (Å²) < 4.78 is 14.6. The molecule has 2 aromatic rings. The average molecular weight is 192 g/mol. The van der Waals surface area contributed by atoms with Crippen molar-refractivity contribution in [1.82, 2.24) is 14.8 Å². The summed E-state index contributed by atoms with van der Waals surface area (Å²) in [5.74, 6) is -0.295. The van der Waals surface area contributed by atoms with Gasteiger partial charge in [0.25, 0.3) is 0 Å². The van der Waals surface area contributed by atoms with Crippen LogP contribution in [0.5, 0.6) is 0 Å². The van der Waals surface area contributed by atoms with Crippen LogP contribution in [0.3, 0.4) is 0 Å². The monoisotopic (exact) mass is 192 g/mol. The van der Waals surface area contributed by atoms with Crippen molar-refractivity contribution in [2.24, 2.45) is 5.73 Å². The lowest BCUT2D eigenvalue weighted by molar-refractivity contribution is 0.609. The van der Waals surface area contributed by atoms with Crippen molar-refractivity contribution >= 4 is 0 Å². The summed E-state index contributed by atoms with van der Waals surface area (Å²) in [7, 11) is 0. The molecule has 0 unspecified atom stereocenters. The van der Waals surface area contributed by atoms with Crippen molar-refractivity contribution in [3.63, 3.8) is 0 Å². The van der Waals surface area contributed by atoms with Crippen molar-refractivity contribution < 1.29 is 4.39 Å². The number of hydrogen-bond donors (Lipinski definition) is 1. The Hall–Kier alpha value is -1.75. The van der Waals surface area contributed by atoms with E-state index in [2.05, 4.69) is 10.1 Å². The minimum Gasteiger partial charge on any atom is -0.326 e. The average Bonchev–Trinajstić information content (AvgIpc) is 2.71. The molecule has 2 N–H and O–H groups in total. The van der Waals surface area contributed by atoms with E-state index in [9.17, 15) is 4.39 Å². The highest BCUT2D eigenvalue weighted by Gasteiger charge is 2.03. The van der Waals surface area contributed by atoms with Gasteiger partial charge >= 0.3 is 0 Å². The van der Waals surface area contributed by atoms with Gasteiger partial charge in [0, 0.05) is 12.1 Å². The topological polar surface area (TPSA) is 56.7 Å². The maximum atomic E-state index is 13.1. The first-order valence-electron chi connectivity index (χ1n) is 4.15. The molecule has 2 rings (SSSR count). The second-order valence-corrected chi connectivity index (χ2v) is 2.82. The molecule has 4 nitrogen and oxygen atoms in total. The fourth-order valence-electron chi connectivity index (χ4n) is 1.20. The molecular formula is C9H9FN4. The molecule has 0 aliphatic carbocycles. The first kappa shape index (κ1) is 8.83. The Balaban J connectivity index is 2.46. The number of nitrogens with zero attached hydrogens (tertiary/aromatic N) is 3. The molecule has 0 bridgehead atoms. The minimum atomic E-state index is -0.295. The summed E-state index contributed by atoms with van der Waals surface area (Å²) in [6.07, 6.45) is 2.97. The van der Waals surface area contributed by atoms with Gasteiger partial charge in [-0.25, -0.2) is 14.1 Å². The van der Waals surface area contributed by atoms with Gasteiger partial charge in [-0.05, 0) is 18.2 Å². The second-order valence-electron chi connectivity index (χ2n) is 2.82. The highest BCUT2D eigenvalue weighted by molar-refractivity contribution is 5.35. The molecule has 0 spiro atoms. The zero-order chi connectivity index (χ0) is 9.97. The van der Waals surface area contributed by atoms with Crippen molar-refractivity contribution in [2.75, 3.05) is 0 Å². The molecule has 0 radical (unpaired) electrons. The molecule has 0 fully saturated rings. The summed E-state index contributed by atoms with van der Waals surface area (Å²) in [5, 5.41) is 3.93. The smallest absolute Gasteiger partial charge is 0.138 e. The normalized spacial score (nSPS) is 10.4. The number of hydrogen-bond acceptors (Lipinski definition) is 3. The third kappa shape index (κ3) is 1.49. The maximum absolute atomic E-state index is 13.1. The Kier molecular flexibility index (Phi) is 2.24. The minimum absolute atomic E-state index is 0.175. The Morgan fingerprint density at radius 1 is 1.43 bits per heavy atom. The van der Waals surface area contributed by atoms with Gasteiger partial charge in [-0.2, -0.15) is 5.10 Å². The second kappa shape index (κ2) is 3.55. The van der Waals surface area contributed by atoms with E-state index < -0.39 is 0 Å². The summed E-state index contributed by atoms with van der Waals surface area (Å²) in [4.78, 5) is 3.80. The molecule has 0 aliphatic rings. The largest absolute Gasteiger partial charge is 0.326 e. The molecule has 1 heterocycles. The van der Waals surface area contributed by atoms with Gasteiger partial charge in [-0.1, -0.05) is 0 Å². The van der Waals surface area contributed by atoms with Gasteiger partial charge < -0.3 is 5.73 Å². The van der Waals surface area contributed by atoms with Crippen LogP contribution < -0.4 is 5.73 Å². The SMILES string of the molecule is NCc1cc(-n2cncn2)ccc1F. The van der Waals surface area contributed by atoms with Gasteiger partial charge in [-0.3, -0.25) is 0 Å². The van der Waals surface area contributed by atoms with Gasteiger partial charge in [0.05, 0.1) is 5.69 Å². The summed E-state index contributed by atoms with van der Waals surface area (Å²) >= 11 is 0. The first-order chi connectivity index (χ1) is 6.81. The van der Waals surface area contributed by atoms with Crippen LogP contribution in [-0.4, -0.2) is 14.8 Å². The van der Waals surface area contributed by atoms with E-state index in [1.165, 1.54) is 12.4 Å². The summed E-state index contributed by atoms with van der Waals surface area (Å²) in [5.41, 5.74) is 6.61. The van der Waals surface area contributed by atoms with E-state index in [1.807, 2.05) is 0 Å². The third-order valence-corrected chi connectivity index (χ3v) is 1.93. The van der Waals surface area contributed by atoms with E-state index >= 15 is 0 Å². The Morgan fingerprint density at radius 2 is 2.29 bits per heavy atom. The zero-order valence-electron chi connectivity index (χ0n) is 7.39. The molecule has 1 aromatic heterocycles. The molecular weight excluding hydrogens is 183 g/mol. The predicted octanol–water partition coefficient (Wildman–Crippen LogP) is 0.865. The van der Waals surface area contributed by atoms with Gasteiger partial charge in [-0.15, -0.1) is 0 Å². The predicted molar refractivity (Wildman–Crippen MR) is 49.2 cm³/mol. The number of halogens is 1. The van der Waals surface area contributed by atoms with Crippen molar-refractivity contribution in [1.29, 1.82) is 0 Å². The third-order valence-electron chi connectivity index (χ3n) is 1.93. The van der Waals surface area contributed by atoms with Crippen LogP contribution in [0.25, 0.3) is 5.69 Å². The lowest BCUT2D eigenvalue weighted by atomic mass is 10.2. The van der Waals surface area contributed by atoms with Gasteiger partial charge in [0.15, 0.2) is 0 Å². The molecule has 72 valence electrons. The Labute approximate surface area is 80.2 Å². The van der Waals surface area contributed by atoms with E-state index in [1.54, 1.807) is 23.1 Å². The van der Waals surface area contributed by atoms with Crippen LogP contribution in [-0.2, 0) is 6.54 Å². The van der Waals surface area contributed by atoms with Crippen LogP contribution in [0.15, 0.2) is 30.9 Å². The van der Waals surface area contributed by atoms with Crippen molar-refractivity contribution in [2.45, 2.75) is 6.54 Å². The molecule has 0 atom stereocenters. The van der Waals surface area contributed by atoms with Gasteiger partial charge in [0.1, 0.15) is 18.5 Å². The fraction of sp³-hybridized carbons (Fsp3) is 0.111.